The number of ketones is 1. The average molecular weight is 128 g/mol. The molecule has 0 aliphatic rings. The first-order valence-electron chi connectivity index (χ1n) is 6.20. The number of benzene rings is 1. The molecule has 0 heterocycles. The quantitative estimate of drug-likeness (QED) is 0.528. The van der Waals surface area contributed by atoms with E-state index in [0.717, 1.165) is 0 Å². The Morgan fingerprint density at radius 3 is 2.78 bits per heavy atom. The van der Waals surface area contributed by atoms with Crippen molar-refractivity contribution in [2.45, 2.75) is 6.85 Å². The fraction of sp³-hybridized carbons (Fsp3) is 0.125. The molecule has 0 saturated carbocycles. The Bertz CT molecular complexity index is 460. The van der Waals surface area contributed by atoms with Crippen LogP contribution in [0.5, 0.6) is 0 Å². The molecule has 1 nitrogen and oxygen atoms in total. The van der Waals surface area contributed by atoms with Crippen LogP contribution in [0.1, 0.15) is 28.2 Å². The van der Waals surface area contributed by atoms with Crippen molar-refractivity contribution in [1.29, 1.82) is 0 Å². The first kappa shape index (κ1) is 1.48. The van der Waals surface area contributed by atoms with Crippen LogP contribution in [0.15, 0.2) is 30.2 Å². The van der Waals surface area contributed by atoms with E-state index in [2.05, 4.69) is 0 Å². The lowest BCUT2D eigenvalue weighted by molar-refractivity contribution is 0.101. The molecule has 0 bridgehead atoms. The summed E-state index contributed by atoms with van der Waals surface area (Å²) in [6, 6.07) is -3.70. The summed E-state index contributed by atoms with van der Waals surface area (Å²) in [6.45, 7) is -3.03. The molecule has 1 aromatic carbocycles. The number of carbonyl (C=O) groups excluding carboxylic acids is 1. The smallest absolute Gasteiger partial charge is 0.159 e. The van der Waals surface area contributed by atoms with Crippen LogP contribution in [-0.4, -0.2) is 5.78 Å². The lowest BCUT2D eigenvalue weighted by Gasteiger charge is -1.89. The van der Waals surface area contributed by atoms with E-state index in [1.807, 2.05) is 0 Å². The Morgan fingerprint density at radius 2 is 2.22 bits per heavy atom. The highest BCUT2D eigenvalue weighted by atomic mass is 16.1. The molecule has 1 rings (SSSR count). The number of rotatable bonds is 1. The van der Waals surface area contributed by atoms with Crippen molar-refractivity contribution in [3.8, 4) is 0 Å². The normalized spacial score (nSPS) is 23.1. The highest BCUT2D eigenvalue weighted by Crippen LogP contribution is 1.97. The maximum absolute atomic E-state index is 11.5. The van der Waals surface area contributed by atoms with Crippen molar-refractivity contribution in [2.75, 3.05) is 0 Å². The van der Waals surface area contributed by atoms with Crippen LogP contribution in [0.2, 0.25) is 0 Å². The zero-order valence-electron chi connectivity index (χ0n) is 12.4. The van der Waals surface area contributed by atoms with Gasteiger partial charge in [0.15, 0.2) is 5.78 Å². The summed E-state index contributed by atoms with van der Waals surface area (Å²) in [6.07, 6.45) is 0. The summed E-state index contributed by atoms with van der Waals surface area (Å²) in [5, 5.41) is 0. The molecule has 46 valence electrons. The van der Waals surface area contributed by atoms with Crippen molar-refractivity contribution in [1.82, 2.24) is 0 Å². The Labute approximate surface area is 65.6 Å². The fourth-order valence-electron chi connectivity index (χ4n) is 0.364. The van der Waals surface area contributed by atoms with Gasteiger partial charge in [-0.1, -0.05) is 30.2 Å². The molecule has 0 radical (unpaired) electrons. The van der Waals surface area contributed by atoms with Gasteiger partial charge < -0.3 is 0 Å². The van der Waals surface area contributed by atoms with Gasteiger partial charge in [-0.3, -0.25) is 4.79 Å². The van der Waals surface area contributed by atoms with Crippen LogP contribution >= 0.6 is 0 Å². The summed E-state index contributed by atoms with van der Waals surface area (Å²) in [7, 11) is 0. The lowest BCUT2D eigenvalue weighted by atomic mass is 10.2. The second kappa shape index (κ2) is 2.44. The zero-order valence-corrected chi connectivity index (χ0v) is 4.41. The molecule has 0 aromatic heterocycles. The molecule has 9 heavy (non-hydrogen) atoms. The number of hydrogen-bond donors (Lipinski definition) is 0. The highest BCUT2D eigenvalue weighted by molar-refractivity contribution is 5.93. The van der Waals surface area contributed by atoms with Gasteiger partial charge >= 0.3 is 0 Å². The third kappa shape index (κ3) is 1.39. The second-order valence-electron chi connectivity index (χ2n) is 1.33. The van der Waals surface area contributed by atoms with Crippen molar-refractivity contribution >= 4 is 5.78 Å². The first-order chi connectivity index (χ1) is 7.59. The van der Waals surface area contributed by atoms with Crippen LogP contribution in [0.4, 0.5) is 0 Å². The predicted molar refractivity (Wildman–Crippen MR) is 36.4 cm³/mol. The Morgan fingerprint density at radius 1 is 1.56 bits per heavy atom. The van der Waals surface area contributed by atoms with E-state index in [9.17, 15) is 4.79 Å². The van der Waals surface area contributed by atoms with Crippen molar-refractivity contribution in [3.63, 3.8) is 0 Å². The van der Waals surface area contributed by atoms with Crippen LogP contribution in [0.25, 0.3) is 0 Å². The van der Waals surface area contributed by atoms with Crippen LogP contribution in [0, 0.1) is 0 Å². The van der Waals surface area contributed by atoms with Gasteiger partial charge in [-0.05, 0) is 6.85 Å². The van der Waals surface area contributed by atoms with Gasteiger partial charge in [-0.15, -0.1) is 0 Å². The standard InChI is InChI=1S/C8H8O/c1-7(9)8-5-3-2-4-6-8/h2-6H,1H3/i1D3,2D,3D,4D,5D,6D. The molecule has 0 N–H and O–H groups in total. The third-order valence-electron chi connectivity index (χ3n) is 0.727. The van der Waals surface area contributed by atoms with Gasteiger partial charge in [0, 0.05) is 9.68 Å². The molecule has 0 amide bonds. The predicted octanol–water partition coefficient (Wildman–Crippen LogP) is 1.89. The SMILES string of the molecule is [2H]c1c([2H])c([2H])c(C(=O)C([2H])([2H])[2H])c([2H])c1[2H]. The number of Topliss-reactive ketones (excluding diaryl/α,β-unsaturated/α-hetero) is 1. The van der Waals surface area contributed by atoms with E-state index in [-0.39, 0.29) is 0 Å². The molecule has 1 heteroatoms. The van der Waals surface area contributed by atoms with Crippen molar-refractivity contribution in [3.05, 3.63) is 35.8 Å². The molecule has 0 spiro atoms. The van der Waals surface area contributed by atoms with Crippen molar-refractivity contribution in [2.24, 2.45) is 0 Å². The summed E-state index contributed by atoms with van der Waals surface area (Å²) in [5.74, 6) is -1.45. The van der Waals surface area contributed by atoms with E-state index in [0.29, 0.717) is 0 Å². The summed E-state index contributed by atoms with van der Waals surface area (Å²) in [5.41, 5.74) is -0.795. The molecule has 1 aromatic rings. The van der Waals surface area contributed by atoms with Gasteiger partial charge in [0.25, 0.3) is 0 Å². The molecule has 0 atom stereocenters. The molecule has 0 unspecified atom stereocenters. The van der Waals surface area contributed by atoms with E-state index in [1.165, 1.54) is 0 Å². The minimum atomic E-state index is -3.03. The molecule has 0 fully saturated rings. The number of carbonyl (C=O) groups is 1. The molecular weight excluding hydrogens is 112 g/mol. The minimum Gasteiger partial charge on any atom is -0.295 e. The zero-order chi connectivity index (χ0) is 13.5. The van der Waals surface area contributed by atoms with Gasteiger partial charge in [0.1, 0.15) is 0 Å². The van der Waals surface area contributed by atoms with Crippen LogP contribution < -0.4 is 0 Å². The fourth-order valence-corrected chi connectivity index (χ4v) is 0.364. The minimum absolute atomic E-state index is 0.665. The summed E-state index contributed by atoms with van der Waals surface area (Å²) >= 11 is 0. The Balaban J connectivity index is 3.62. The molecule has 0 aliphatic heterocycles. The van der Waals surface area contributed by atoms with E-state index in [1.54, 1.807) is 0 Å². The van der Waals surface area contributed by atoms with Gasteiger partial charge in [0.2, 0.25) is 0 Å². The maximum Gasteiger partial charge on any atom is 0.159 e. The molecule has 0 aliphatic carbocycles. The Hall–Kier alpha value is -1.11. The Kier molecular flexibility index (Phi) is 0.403. The van der Waals surface area contributed by atoms with Crippen LogP contribution in [-0.2, 0) is 0 Å². The van der Waals surface area contributed by atoms with E-state index in [4.69, 9.17) is 11.0 Å². The largest absolute Gasteiger partial charge is 0.295 e. The molecular formula is C8H8O. The summed E-state index contributed by atoms with van der Waals surface area (Å²) in [4.78, 5) is 11.5. The number of hydrogen-bond acceptors (Lipinski definition) is 1. The lowest BCUT2D eigenvalue weighted by Crippen LogP contribution is -1.88. The van der Waals surface area contributed by atoms with Gasteiger partial charge in [-0.25, -0.2) is 0 Å². The summed E-state index contributed by atoms with van der Waals surface area (Å²) < 4.78 is 57.4. The van der Waals surface area contributed by atoms with Crippen molar-refractivity contribution < 1.29 is 15.8 Å². The van der Waals surface area contributed by atoms with E-state index < -0.39 is 48.4 Å². The third-order valence-corrected chi connectivity index (χ3v) is 0.727. The topological polar surface area (TPSA) is 17.1 Å². The van der Waals surface area contributed by atoms with Gasteiger partial charge in [-0.2, -0.15) is 0 Å². The maximum atomic E-state index is 11.5. The second-order valence-corrected chi connectivity index (χ2v) is 1.33. The average Bonchev–Trinajstić information content (AvgIpc) is 2.22. The highest BCUT2D eigenvalue weighted by Gasteiger charge is 1.92. The monoisotopic (exact) mass is 128 g/mol. The first-order valence-corrected chi connectivity index (χ1v) is 2.20. The van der Waals surface area contributed by atoms with Gasteiger partial charge in [0.05, 0.1) is 6.85 Å². The van der Waals surface area contributed by atoms with Crippen LogP contribution in [0.3, 0.4) is 0 Å². The van der Waals surface area contributed by atoms with E-state index >= 15 is 0 Å². The molecule has 0 saturated heterocycles.